The molecule has 0 aliphatic rings. The quantitative estimate of drug-likeness (QED) is 0.205. The van der Waals surface area contributed by atoms with Crippen LogP contribution in [0.4, 0.5) is 0 Å². The number of unbranched alkanes of at least 4 members (excludes halogenated alkanes) is 11. The lowest BCUT2D eigenvalue weighted by atomic mass is 10.1. The van der Waals surface area contributed by atoms with Gasteiger partial charge < -0.3 is 9.47 Å². The molecule has 0 bridgehead atoms. The van der Waals surface area contributed by atoms with Gasteiger partial charge in [0.05, 0.1) is 26.5 Å². The molecule has 0 fully saturated rings. The number of nitrogens with zero attached hydrogens (tertiary/aromatic N) is 2. The smallest absolute Gasteiger partial charge is 0.356 e. The fourth-order valence-corrected chi connectivity index (χ4v) is 3.77. The van der Waals surface area contributed by atoms with Crippen molar-refractivity contribution in [3.05, 3.63) is 47.8 Å². The lowest BCUT2D eigenvalue weighted by molar-refractivity contribution is 0.0587. The molecule has 0 saturated heterocycles. The highest BCUT2D eigenvalue weighted by Crippen LogP contribution is 2.18. The van der Waals surface area contributed by atoms with Crippen molar-refractivity contribution in [3.8, 4) is 6.01 Å². The maximum atomic E-state index is 12.1. The summed E-state index contributed by atoms with van der Waals surface area (Å²) in [4.78, 5) is 16.4. The van der Waals surface area contributed by atoms with Crippen molar-refractivity contribution >= 4 is 5.97 Å². The van der Waals surface area contributed by atoms with E-state index in [1.54, 1.807) is 4.57 Å². The molecule has 5 heteroatoms. The van der Waals surface area contributed by atoms with Crippen LogP contribution < -0.4 is 4.74 Å². The number of carbonyl (C=O) groups is 1. The number of carbonyl (C=O) groups excluding carboxylic acids is 1. The molecule has 1 aromatic heterocycles. The number of imidazole rings is 1. The van der Waals surface area contributed by atoms with E-state index in [1.807, 2.05) is 30.3 Å². The highest BCUT2D eigenvalue weighted by Gasteiger charge is 2.18. The maximum Gasteiger partial charge on any atom is 0.356 e. The second-order valence-corrected chi connectivity index (χ2v) is 8.23. The Morgan fingerprint density at radius 1 is 0.871 bits per heavy atom. The van der Waals surface area contributed by atoms with Gasteiger partial charge in [-0.15, -0.1) is 0 Å². The minimum Gasteiger partial charge on any atom is -0.465 e. The Hall–Kier alpha value is -2.30. The van der Waals surface area contributed by atoms with E-state index in [9.17, 15) is 4.79 Å². The molecule has 1 heterocycles. The van der Waals surface area contributed by atoms with Crippen LogP contribution in [0.25, 0.3) is 0 Å². The number of rotatable bonds is 17. The first-order chi connectivity index (χ1) is 15.3. The monoisotopic (exact) mass is 428 g/mol. The van der Waals surface area contributed by atoms with E-state index < -0.39 is 5.97 Å². The van der Waals surface area contributed by atoms with E-state index in [1.165, 1.54) is 83.9 Å². The molecule has 172 valence electrons. The number of aromatic nitrogens is 2. The molecule has 2 rings (SSSR count). The van der Waals surface area contributed by atoms with Crippen LogP contribution in [-0.4, -0.2) is 29.2 Å². The first kappa shape index (κ1) is 25.0. The third-order valence-corrected chi connectivity index (χ3v) is 5.63. The molecule has 0 saturated carbocycles. The van der Waals surface area contributed by atoms with Gasteiger partial charge in [0.25, 0.3) is 6.01 Å². The Morgan fingerprint density at radius 2 is 1.45 bits per heavy atom. The van der Waals surface area contributed by atoms with Crippen LogP contribution in [-0.2, 0) is 11.3 Å². The van der Waals surface area contributed by atoms with Gasteiger partial charge in [-0.2, -0.15) is 0 Å². The zero-order chi connectivity index (χ0) is 22.2. The zero-order valence-corrected chi connectivity index (χ0v) is 19.5. The Labute approximate surface area is 188 Å². The van der Waals surface area contributed by atoms with E-state index >= 15 is 0 Å². The van der Waals surface area contributed by atoms with Crippen molar-refractivity contribution in [1.29, 1.82) is 0 Å². The minimum atomic E-state index is -0.399. The van der Waals surface area contributed by atoms with Gasteiger partial charge in [-0.1, -0.05) is 108 Å². The number of benzene rings is 1. The van der Waals surface area contributed by atoms with Crippen LogP contribution in [0.2, 0.25) is 0 Å². The Balaban J connectivity index is 1.65. The standard InChI is InChI=1S/C26H40N2O3/c1-3-4-5-6-7-8-9-10-11-12-13-17-20-31-26-27-21-24(25(29)30-2)28(26)22-23-18-15-14-16-19-23/h14-16,18-19,21H,3-13,17,20,22H2,1-2H3. The van der Waals surface area contributed by atoms with E-state index in [4.69, 9.17) is 9.47 Å². The summed E-state index contributed by atoms with van der Waals surface area (Å²) < 4.78 is 12.6. The molecule has 5 nitrogen and oxygen atoms in total. The fourth-order valence-electron chi connectivity index (χ4n) is 3.77. The van der Waals surface area contributed by atoms with Gasteiger partial charge in [0.1, 0.15) is 0 Å². The summed E-state index contributed by atoms with van der Waals surface area (Å²) in [6.45, 7) is 3.41. The Kier molecular flexibility index (Phi) is 12.5. The molecule has 2 aromatic rings. The molecule has 0 aliphatic carbocycles. The normalized spacial score (nSPS) is 10.9. The fraction of sp³-hybridized carbons (Fsp3) is 0.615. The van der Waals surface area contributed by atoms with Crippen molar-refractivity contribution in [1.82, 2.24) is 9.55 Å². The lowest BCUT2D eigenvalue weighted by Crippen LogP contribution is -2.13. The van der Waals surface area contributed by atoms with Crippen molar-refractivity contribution < 1.29 is 14.3 Å². The number of hydrogen-bond donors (Lipinski definition) is 0. The third kappa shape index (κ3) is 9.58. The summed E-state index contributed by atoms with van der Waals surface area (Å²) >= 11 is 0. The van der Waals surface area contributed by atoms with Crippen LogP contribution in [0, 0.1) is 0 Å². The molecule has 0 atom stereocenters. The molecule has 1 aromatic carbocycles. The second kappa shape index (κ2) is 15.5. The van der Waals surface area contributed by atoms with Gasteiger partial charge in [0, 0.05) is 0 Å². The number of esters is 1. The number of hydrogen-bond acceptors (Lipinski definition) is 4. The predicted octanol–water partition coefficient (Wildman–Crippen LogP) is 6.80. The summed E-state index contributed by atoms with van der Waals surface area (Å²) in [5.41, 5.74) is 1.50. The van der Waals surface area contributed by atoms with E-state index in [2.05, 4.69) is 11.9 Å². The predicted molar refractivity (Wildman–Crippen MR) is 126 cm³/mol. The summed E-state index contributed by atoms with van der Waals surface area (Å²) in [5.74, 6) is -0.399. The highest BCUT2D eigenvalue weighted by atomic mass is 16.5. The van der Waals surface area contributed by atoms with Gasteiger partial charge in [0.15, 0.2) is 5.69 Å². The summed E-state index contributed by atoms with van der Waals surface area (Å²) in [5, 5.41) is 0. The van der Waals surface area contributed by atoms with E-state index in [0.29, 0.717) is 24.9 Å². The minimum absolute atomic E-state index is 0.399. The highest BCUT2D eigenvalue weighted by molar-refractivity contribution is 5.87. The van der Waals surface area contributed by atoms with Gasteiger partial charge in [-0.25, -0.2) is 9.78 Å². The van der Waals surface area contributed by atoms with Gasteiger partial charge in [-0.05, 0) is 12.0 Å². The van der Waals surface area contributed by atoms with Crippen LogP contribution in [0.5, 0.6) is 6.01 Å². The van der Waals surface area contributed by atoms with Crippen molar-refractivity contribution in [2.75, 3.05) is 13.7 Å². The van der Waals surface area contributed by atoms with Gasteiger partial charge in [0.2, 0.25) is 0 Å². The Bertz CT molecular complexity index is 728. The SMILES string of the molecule is CCCCCCCCCCCCCCOc1ncc(C(=O)OC)n1Cc1ccccc1. The molecule has 0 amide bonds. The van der Waals surface area contributed by atoms with Crippen LogP contribution in [0.15, 0.2) is 36.5 Å². The second-order valence-electron chi connectivity index (χ2n) is 8.23. The largest absolute Gasteiger partial charge is 0.465 e. The van der Waals surface area contributed by atoms with Gasteiger partial charge in [-0.3, -0.25) is 4.57 Å². The van der Waals surface area contributed by atoms with Crippen LogP contribution in [0.3, 0.4) is 0 Å². The molecule has 0 unspecified atom stereocenters. The van der Waals surface area contributed by atoms with Crippen LogP contribution >= 0.6 is 0 Å². The molecular weight excluding hydrogens is 388 g/mol. The zero-order valence-electron chi connectivity index (χ0n) is 19.5. The summed E-state index contributed by atoms with van der Waals surface area (Å²) in [6.07, 6.45) is 17.3. The summed E-state index contributed by atoms with van der Waals surface area (Å²) in [7, 11) is 1.38. The average Bonchev–Trinajstić information content (AvgIpc) is 3.19. The van der Waals surface area contributed by atoms with Crippen molar-refractivity contribution in [3.63, 3.8) is 0 Å². The molecular formula is C26H40N2O3. The molecule has 0 N–H and O–H groups in total. The van der Waals surface area contributed by atoms with Crippen LogP contribution in [0.1, 0.15) is 100 Å². The number of ether oxygens (including phenoxy) is 2. The average molecular weight is 429 g/mol. The van der Waals surface area contributed by atoms with E-state index in [0.717, 1.165) is 12.0 Å². The van der Waals surface area contributed by atoms with E-state index in [-0.39, 0.29) is 0 Å². The first-order valence-electron chi connectivity index (χ1n) is 12.1. The molecule has 31 heavy (non-hydrogen) atoms. The number of methoxy groups -OCH3 is 1. The van der Waals surface area contributed by atoms with Crippen molar-refractivity contribution in [2.24, 2.45) is 0 Å². The van der Waals surface area contributed by atoms with Crippen molar-refractivity contribution in [2.45, 2.75) is 90.5 Å². The molecule has 0 spiro atoms. The molecule has 0 radical (unpaired) electrons. The first-order valence-corrected chi connectivity index (χ1v) is 12.1. The van der Waals surface area contributed by atoms with Gasteiger partial charge >= 0.3 is 5.97 Å². The topological polar surface area (TPSA) is 53.4 Å². The maximum absolute atomic E-state index is 12.1. The summed E-state index contributed by atoms with van der Waals surface area (Å²) in [6, 6.07) is 10.5. The lowest BCUT2D eigenvalue weighted by Gasteiger charge is -2.12. The Morgan fingerprint density at radius 3 is 2.03 bits per heavy atom. The third-order valence-electron chi connectivity index (χ3n) is 5.63. The molecule has 0 aliphatic heterocycles.